The highest BCUT2D eigenvalue weighted by Crippen LogP contribution is 2.66. The van der Waals surface area contributed by atoms with Crippen LogP contribution < -0.4 is 0 Å². The van der Waals surface area contributed by atoms with Gasteiger partial charge in [0.1, 0.15) is 5.69 Å². The predicted molar refractivity (Wildman–Crippen MR) is 98.4 cm³/mol. The average molecular weight is 368 g/mol. The van der Waals surface area contributed by atoms with Gasteiger partial charge < -0.3 is 9.42 Å². The topological polar surface area (TPSA) is 72.1 Å². The predicted octanol–water partition coefficient (Wildman–Crippen LogP) is 3.52. The van der Waals surface area contributed by atoms with Crippen LogP contribution in [0.4, 0.5) is 0 Å². The Hall–Kier alpha value is -2.54. The van der Waals surface area contributed by atoms with Crippen LogP contribution in [-0.4, -0.2) is 33.0 Å². The fourth-order valence-electron chi connectivity index (χ4n) is 3.55. The van der Waals surface area contributed by atoms with Gasteiger partial charge in [-0.2, -0.15) is 4.98 Å². The van der Waals surface area contributed by atoms with Crippen LogP contribution in [-0.2, 0) is 16.8 Å². The molecule has 6 nitrogen and oxygen atoms in total. The SMILES string of the molecule is CN(Cc1nc(-c2ccccn2)no1)C(=O)C1(c2cccs2)CC1(C)C. The number of amides is 1. The maximum Gasteiger partial charge on any atom is 0.246 e. The number of likely N-dealkylation sites (N-methyl/N-ethyl adjacent to an activating group) is 1. The zero-order valence-corrected chi connectivity index (χ0v) is 15.8. The molecular weight excluding hydrogens is 348 g/mol. The number of carbonyl (C=O) groups is 1. The summed E-state index contributed by atoms with van der Waals surface area (Å²) in [5, 5.41) is 5.99. The lowest BCUT2D eigenvalue weighted by Gasteiger charge is -2.24. The molecule has 1 saturated carbocycles. The quantitative estimate of drug-likeness (QED) is 0.689. The summed E-state index contributed by atoms with van der Waals surface area (Å²) in [5.74, 6) is 0.935. The number of carbonyl (C=O) groups excluding carboxylic acids is 1. The molecule has 4 rings (SSSR count). The van der Waals surface area contributed by atoms with Crippen molar-refractivity contribution in [3.05, 3.63) is 52.7 Å². The van der Waals surface area contributed by atoms with E-state index >= 15 is 0 Å². The Labute approximate surface area is 155 Å². The summed E-state index contributed by atoms with van der Waals surface area (Å²) in [6.07, 6.45) is 2.54. The first-order chi connectivity index (χ1) is 12.4. The van der Waals surface area contributed by atoms with Gasteiger partial charge in [0.2, 0.25) is 17.6 Å². The van der Waals surface area contributed by atoms with Crippen molar-refractivity contribution >= 4 is 17.2 Å². The second-order valence-electron chi connectivity index (χ2n) is 7.33. The molecule has 1 unspecified atom stereocenters. The van der Waals surface area contributed by atoms with Crippen LogP contribution >= 0.6 is 11.3 Å². The van der Waals surface area contributed by atoms with E-state index in [2.05, 4.69) is 35.0 Å². The second kappa shape index (κ2) is 6.02. The van der Waals surface area contributed by atoms with Gasteiger partial charge in [-0.3, -0.25) is 9.78 Å². The summed E-state index contributed by atoms with van der Waals surface area (Å²) in [6, 6.07) is 9.58. The number of pyridine rings is 1. The third-order valence-corrected chi connectivity index (χ3v) is 6.16. The van der Waals surface area contributed by atoms with Gasteiger partial charge in [0.05, 0.1) is 12.0 Å². The minimum Gasteiger partial charge on any atom is -0.337 e. The molecule has 26 heavy (non-hydrogen) atoms. The molecule has 0 saturated heterocycles. The maximum absolute atomic E-state index is 13.3. The Morgan fingerprint density at radius 1 is 1.31 bits per heavy atom. The zero-order valence-electron chi connectivity index (χ0n) is 15.0. The van der Waals surface area contributed by atoms with Crippen LogP contribution in [0, 0.1) is 5.41 Å². The normalized spacial score (nSPS) is 20.7. The van der Waals surface area contributed by atoms with E-state index in [1.165, 1.54) is 0 Å². The molecule has 1 fully saturated rings. The standard InChI is InChI=1S/C19H20N4O2S/c1-18(2)12-19(18,14-8-6-10-26-14)17(24)23(3)11-15-21-16(22-25-15)13-7-4-5-9-20-13/h4-10H,11-12H2,1-3H3. The summed E-state index contributed by atoms with van der Waals surface area (Å²) < 4.78 is 5.32. The Morgan fingerprint density at radius 3 is 2.73 bits per heavy atom. The highest BCUT2D eigenvalue weighted by atomic mass is 32.1. The zero-order chi connectivity index (χ0) is 18.4. The van der Waals surface area contributed by atoms with E-state index in [0.717, 1.165) is 11.3 Å². The van der Waals surface area contributed by atoms with Crippen LogP contribution in [0.2, 0.25) is 0 Å². The first kappa shape index (κ1) is 16.9. The van der Waals surface area contributed by atoms with Gasteiger partial charge in [-0.15, -0.1) is 11.3 Å². The van der Waals surface area contributed by atoms with Crippen molar-refractivity contribution in [1.29, 1.82) is 0 Å². The van der Waals surface area contributed by atoms with Crippen molar-refractivity contribution in [2.24, 2.45) is 5.41 Å². The summed E-state index contributed by atoms with van der Waals surface area (Å²) in [6.45, 7) is 4.57. The molecule has 3 aromatic rings. The molecule has 0 aromatic carbocycles. The number of hydrogen-bond donors (Lipinski definition) is 0. The van der Waals surface area contributed by atoms with E-state index in [0.29, 0.717) is 17.4 Å². The number of aromatic nitrogens is 3. The van der Waals surface area contributed by atoms with E-state index in [-0.39, 0.29) is 17.9 Å². The van der Waals surface area contributed by atoms with Gasteiger partial charge in [-0.05, 0) is 35.4 Å². The lowest BCUT2D eigenvalue weighted by molar-refractivity contribution is -0.134. The molecule has 1 atom stereocenters. The highest BCUT2D eigenvalue weighted by molar-refractivity contribution is 7.10. The van der Waals surface area contributed by atoms with Crippen molar-refractivity contribution in [3.63, 3.8) is 0 Å². The molecule has 3 heterocycles. The Morgan fingerprint density at radius 2 is 2.12 bits per heavy atom. The number of rotatable bonds is 5. The van der Waals surface area contributed by atoms with Crippen LogP contribution in [0.5, 0.6) is 0 Å². The van der Waals surface area contributed by atoms with Gasteiger partial charge in [-0.1, -0.05) is 31.1 Å². The number of nitrogens with zero attached hydrogens (tertiary/aromatic N) is 4. The van der Waals surface area contributed by atoms with E-state index in [4.69, 9.17) is 4.52 Å². The minimum atomic E-state index is -0.445. The molecule has 0 N–H and O–H groups in total. The Kier molecular flexibility index (Phi) is 3.91. The molecule has 1 aliphatic carbocycles. The Bertz CT molecular complexity index is 920. The molecule has 0 spiro atoms. The third kappa shape index (κ3) is 2.63. The van der Waals surface area contributed by atoms with Gasteiger partial charge in [0.25, 0.3) is 0 Å². The summed E-state index contributed by atoms with van der Waals surface area (Å²) in [4.78, 5) is 24.6. The summed E-state index contributed by atoms with van der Waals surface area (Å²) in [5.41, 5.74) is 0.159. The van der Waals surface area contributed by atoms with Gasteiger partial charge in [-0.25, -0.2) is 0 Å². The first-order valence-corrected chi connectivity index (χ1v) is 9.35. The monoisotopic (exact) mass is 368 g/mol. The number of hydrogen-bond acceptors (Lipinski definition) is 6. The van der Waals surface area contributed by atoms with Gasteiger partial charge in [0.15, 0.2) is 0 Å². The molecule has 0 radical (unpaired) electrons. The van der Waals surface area contributed by atoms with Crippen LogP contribution in [0.25, 0.3) is 11.5 Å². The molecule has 0 aliphatic heterocycles. The molecule has 134 valence electrons. The molecular formula is C19H20N4O2S. The third-order valence-electron chi connectivity index (χ3n) is 5.13. The highest BCUT2D eigenvalue weighted by Gasteiger charge is 2.68. The van der Waals surface area contributed by atoms with E-state index in [1.807, 2.05) is 29.6 Å². The van der Waals surface area contributed by atoms with Gasteiger partial charge in [0, 0.05) is 18.1 Å². The molecule has 1 aliphatic rings. The molecule has 0 bridgehead atoms. The van der Waals surface area contributed by atoms with Crippen molar-refractivity contribution in [1.82, 2.24) is 20.0 Å². The lowest BCUT2D eigenvalue weighted by Crippen LogP contribution is -2.38. The Balaban J connectivity index is 1.53. The van der Waals surface area contributed by atoms with E-state index in [1.54, 1.807) is 29.5 Å². The fraction of sp³-hybridized carbons (Fsp3) is 0.368. The fourth-order valence-corrected chi connectivity index (χ4v) is 4.65. The molecule has 7 heteroatoms. The summed E-state index contributed by atoms with van der Waals surface area (Å²) >= 11 is 1.64. The smallest absolute Gasteiger partial charge is 0.246 e. The minimum absolute atomic E-state index is 0.0445. The first-order valence-electron chi connectivity index (χ1n) is 8.48. The number of thiophene rings is 1. The van der Waals surface area contributed by atoms with Crippen LogP contribution in [0.1, 0.15) is 31.0 Å². The molecule has 3 aromatic heterocycles. The van der Waals surface area contributed by atoms with Gasteiger partial charge >= 0.3 is 0 Å². The van der Waals surface area contributed by atoms with E-state index < -0.39 is 5.41 Å². The molecule has 1 amide bonds. The van der Waals surface area contributed by atoms with E-state index in [9.17, 15) is 4.79 Å². The second-order valence-corrected chi connectivity index (χ2v) is 8.28. The van der Waals surface area contributed by atoms with Crippen molar-refractivity contribution in [2.75, 3.05) is 7.05 Å². The van der Waals surface area contributed by atoms with Crippen LogP contribution in [0.15, 0.2) is 46.4 Å². The van der Waals surface area contributed by atoms with Crippen molar-refractivity contribution < 1.29 is 9.32 Å². The average Bonchev–Trinajstić information content (AvgIpc) is 3.08. The summed E-state index contributed by atoms with van der Waals surface area (Å²) in [7, 11) is 1.79. The largest absolute Gasteiger partial charge is 0.337 e. The lowest BCUT2D eigenvalue weighted by atomic mass is 9.92. The van der Waals surface area contributed by atoms with Crippen molar-refractivity contribution in [2.45, 2.75) is 32.2 Å². The maximum atomic E-state index is 13.3. The van der Waals surface area contributed by atoms with Crippen LogP contribution in [0.3, 0.4) is 0 Å². The van der Waals surface area contributed by atoms with Crippen molar-refractivity contribution in [3.8, 4) is 11.5 Å².